The second-order valence-electron chi connectivity index (χ2n) is 5.78. The Balaban J connectivity index is 0.00000364. The summed E-state index contributed by atoms with van der Waals surface area (Å²) in [6, 6.07) is 3.73. The standard InChI is InChI=1S/C17H23F3N4O2.HI/c1-2-21-17(23-9-8-22-15(25)11-6-7-11)24-10-12-13(18)4-3-5-14(12)26-16(19)20;/h3-5,11,16H,2,6-10H2,1H3,(H,22,25)(H2,21,23,24);1H. The van der Waals surface area contributed by atoms with Crippen LogP contribution in [0.3, 0.4) is 0 Å². The summed E-state index contributed by atoms with van der Waals surface area (Å²) in [5, 5.41) is 8.78. The molecule has 6 nitrogen and oxygen atoms in total. The van der Waals surface area contributed by atoms with Gasteiger partial charge in [-0.25, -0.2) is 9.38 Å². The summed E-state index contributed by atoms with van der Waals surface area (Å²) in [5.74, 6) is -0.324. The summed E-state index contributed by atoms with van der Waals surface area (Å²) in [4.78, 5) is 15.7. The molecule has 1 aliphatic rings. The van der Waals surface area contributed by atoms with E-state index >= 15 is 0 Å². The zero-order chi connectivity index (χ0) is 18.9. The quantitative estimate of drug-likeness (QED) is 0.211. The minimum Gasteiger partial charge on any atom is -0.434 e. The molecule has 1 aliphatic carbocycles. The van der Waals surface area contributed by atoms with Crippen molar-refractivity contribution in [2.75, 3.05) is 19.6 Å². The maximum Gasteiger partial charge on any atom is 0.387 e. The molecule has 0 aliphatic heterocycles. The molecule has 0 unspecified atom stereocenters. The Bertz CT molecular complexity index is 643. The molecule has 152 valence electrons. The molecule has 0 spiro atoms. The van der Waals surface area contributed by atoms with Crippen LogP contribution < -0.4 is 20.7 Å². The third-order valence-electron chi connectivity index (χ3n) is 3.70. The van der Waals surface area contributed by atoms with Crippen LogP contribution >= 0.6 is 24.0 Å². The van der Waals surface area contributed by atoms with Crippen LogP contribution in [0, 0.1) is 11.7 Å². The zero-order valence-corrected chi connectivity index (χ0v) is 17.3. The minimum atomic E-state index is -3.04. The number of benzene rings is 1. The highest BCUT2D eigenvalue weighted by Crippen LogP contribution is 2.28. The van der Waals surface area contributed by atoms with E-state index in [4.69, 9.17) is 0 Å². The monoisotopic (exact) mass is 500 g/mol. The number of carbonyl (C=O) groups excluding carboxylic acids is 1. The normalized spacial score (nSPS) is 13.7. The van der Waals surface area contributed by atoms with Crippen LogP contribution in [0.25, 0.3) is 0 Å². The predicted octanol–water partition coefficient (Wildman–Crippen LogP) is 2.63. The molecule has 0 saturated heterocycles. The van der Waals surface area contributed by atoms with E-state index in [0.29, 0.717) is 25.6 Å². The van der Waals surface area contributed by atoms with Crippen LogP contribution in [0.4, 0.5) is 13.2 Å². The molecule has 1 aromatic carbocycles. The Kier molecular flexibility index (Phi) is 10.3. The van der Waals surface area contributed by atoms with E-state index in [1.165, 1.54) is 12.1 Å². The van der Waals surface area contributed by atoms with E-state index < -0.39 is 12.4 Å². The van der Waals surface area contributed by atoms with Crippen molar-refractivity contribution in [3.63, 3.8) is 0 Å². The van der Waals surface area contributed by atoms with Gasteiger partial charge in [-0.05, 0) is 31.9 Å². The molecule has 1 amide bonds. The Labute approximate surface area is 173 Å². The van der Waals surface area contributed by atoms with Gasteiger partial charge < -0.3 is 20.7 Å². The van der Waals surface area contributed by atoms with Crippen molar-refractivity contribution in [2.24, 2.45) is 10.9 Å². The second kappa shape index (κ2) is 11.9. The van der Waals surface area contributed by atoms with Gasteiger partial charge in [0.15, 0.2) is 5.96 Å². The van der Waals surface area contributed by atoms with Gasteiger partial charge in [-0.1, -0.05) is 6.07 Å². The van der Waals surface area contributed by atoms with Crippen molar-refractivity contribution < 1.29 is 22.7 Å². The topological polar surface area (TPSA) is 74.8 Å². The number of aliphatic imine (C=N–C) groups is 1. The Morgan fingerprint density at radius 3 is 2.59 bits per heavy atom. The molecule has 0 bridgehead atoms. The fraction of sp³-hybridized carbons (Fsp3) is 0.529. The van der Waals surface area contributed by atoms with Crippen LogP contribution in [-0.4, -0.2) is 38.1 Å². The van der Waals surface area contributed by atoms with E-state index in [9.17, 15) is 18.0 Å². The summed E-state index contributed by atoms with van der Waals surface area (Å²) in [6.07, 6.45) is 1.88. The third kappa shape index (κ3) is 8.22. The summed E-state index contributed by atoms with van der Waals surface area (Å²) < 4.78 is 43.2. The van der Waals surface area contributed by atoms with Crippen LogP contribution in [0.2, 0.25) is 0 Å². The van der Waals surface area contributed by atoms with Crippen LogP contribution in [0.1, 0.15) is 25.3 Å². The molecular weight excluding hydrogens is 476 g/mol. The highest BCUT2D eigenvalue weighted by atomic mass is 127. The first-order valence-corrected chi connectivity index (χ1v) is 8.53. The number of carbonyl (C=O) groups is 1. The van der Waals surface area contributed by atoms with Gasteiger partial charge in [-0.2, -0.15) is 8.78 Å². The maximum absolute atomic E-state index is 13.9. The van der Waals surface area contributed by atoms with Crippen molar-refractivity contribution in [3.8, 4) is 5.75 Å². The summed E-state index contributed by atoms with van der Waals surface area (Å²) >= 11 is 0. The second-order valence-corrected chi connectivity index (χ2v) is 5.78. The Hall–Kier alpha value is -1.72. The molecule has 0 atom stereocenters. The molecular formula is C17H24F3IN4O2. The summed E-state index contributed by atoms with van der Waals surface area (Å²) in [6.45, 7) is 0.0823. The van der Waals surface area contributed by atoms with Crippen molar-refractivity contribution in [1.82, 2.24) is 16.0 Å². The van der Waals surface area contributed by atoms with E-state index in [1.807, 2.05) is 6.92 Å². The van der Waals surface area contributed by atoms with Gasteiger partial charge in [0, 0.05) is 25.6 Å². The number of halogens is 4. The Morgan fingerprint density at radius 2 is 1.96 bits per heavy atom. The average molecular weight is 500 g/mol. The fourth-order valence-corrected chi connectivity index (χ4v) is 2.26. The maximum atomic E-state index is 13.9. The molecule has 3 N–H and O–H groups in total. The van der Waals surface area contributed by atoms with Gasteiger partial charge >= 0.3 is 6.61 Å². The molecule has 27 heavy (non-hydrogen) atoms. The van der Waals surface area contributed by atoms with Crippen LogP contribution in [-0.2, 0) is 11.3 Å². The molecule has 0 aromatic heterocycles. The number of hydrogen-bond donors (Lipinski definition) is 3. The first-order valence-electron chi connectivity index (χ1n) is 8.53. The number of nitrogens with one attached hydrogen (secondary N) is 3. The first kappa shape index (κ1) is 23.3. The van der Waals surface area contributed by atoms with Gasteiger partial charge in [0.05, 0.1) is 12.1 Å². The van der Waals surface area contributed by atoms with E-state index in [-0.39, 0.29) is 53.7 Å². The molecule has 1 fully saturated rings. The number of alkyl halides is 2. The van der Waals surface area contributed by atoms with E-state index in [1.54, 1.807) is 0 Å². The molecule has 0 heterocycles. The number of guanidine groups is 1. The highest BCUT2D eigenvalue weighted by Gasteiger charge is 2.28. The molecule has 0 radical (unpaired) electrons. The molecule has 2 rings (SSSR count). The average Bonchev–Trinajstić information content (AvgIpc) is 3.42. The SMILES string of the molecule is CCNC(=NCc1c(F)cccc1OC(F)F)NCCNC(=O)C1CC1.I. The van der Waals surface area contributed by atoms with Gasteiger partial charge in [-0.3, -0.25) is 4.79 Å². The number of nitrogens with zero attached hydrogens (tertiary/aromatic N) is 1. The van der Waals surface area contributed by atoms with Gasteiger partial charge in [-0.15, -0.1) is 24.0 Å². The van der Waals surface area contributed by atoms with Crippen molar-refractivity contribution in [3.05, 3.63) is 29.6 Å². The molecule has 1 aromatic rings. The lowest BCUT2D eigenvalue weighted by Gasteiger charge is -2.13. The fourth-order valence-electron chi connectivity index (χ4n) is 2.26. The van der Waals surface area contributed by atoms with E-state index in [2.05, 4.69) is 25.7 Å². The van der Waals surface area contributed by atoms with Crippen LogP contribution in [0.5, 0.6) is 5.75 Å². The minimum absolute atomic E-state index is 0. The van der Waals surface area contributed by atoms with Crippen molar-refractivity contribution in [1.29, 1.82) is 0 Å². The summed E-state index contributed by atoms with van der Waals surface area (Å²) in [5.41, 5.74) is -0.0490. The van der Waals surface area contributed by atoms with Crippen molar-refractivity contribution >= 4 is 35.8 Å². The smallest absolute Gasteiger partial charge is 0.387 e. The predicted molar refractivity (Wildman–Crippen MR) is 107 cm³/mol. The number of ether oxygens (including phenoxy) is 1. The van der Waals surface area contributed by atoms with Crippen LogP contribution in [0.15, 0.2) is 23.2 Å². The molecule has 1 saturated carbocycles. The molecule has 10 heteroatoms. The lowest BCUT2D eigenvalue weighted by Crippen LogP contribution is -2.41. The first-order chi connectivity index (χ1) is 12.5. The highest BCUT2D eigenvalue weighted by molar-refractivity contribution is 14.0. The number of amides is 1. The summed E-state index contributed by atoms with van der Waals surface area (Å²) in [7, 11) is 0. The number of hydrogen-bond acceptors (Lipinski definition) is 3. The van der Waals surface area contributed by atoms with Gasteiger partial charge in [0.2, 0.25) is 5.91 Å². The number of rotatable bonds is 9. The lowest BCUT2D eigenvalue weighted by atomic mass is 10.2. The van der Waals surface area contributed by atoms with E-state index in [0.717, 1.165) is 18.9 Å². The zero-order valence-electron chi connectivity index (χ0n) is 14.9. The van der Waals surface area contributed by atoms with Crippen molar-refractivity contribution in [2.45, 2.75) is 32.9 Å². The third-order valence-corrected chi connectivity index (χ3v) is 3.70. The largest absolute Gasteiger partial charge is 0.434 e. The van der Waals surface area contributed by atoms with Gasteiger partial charge in [0.25, 0.3) is 0 Å². The lowest BCUT2D eigenvalue weighted by molar-refractivity contribution is -0.122. The Morgan fingerprint density at radius 1 is 1.26 bits per heavy atom. The van der Waals surface area contributed by atoms with Gasteiger partial charge in [0.1, 0.15) is 11.6 Å².